The van der Waals surface area contributed by atoms with Gasteiger partial charge in [-0.15, -0.1) is 0 Å². The largest absolute Gasteiger partial charge is 0.481 e. The van der Waals surface area contributed by atoms with Gasteiger partial charge < -0.3 is 9.67 Å². The fourth-order valence-electron chi connectivity index (χ4n) is 2.63. The van der Waals surface area contributed by atoms with Crippen LogP contribution in [0.1, 0.15) is 23.5 Å². The summed E-state index contributed by atoms with van der Waals surface area (Å²) in [5.41, 5.74) is 1.40. The molecule has 1 unspecified atom stereocenters. The Bertz CT molecular complexity index is 651. The summed E-state index contributed by atoms with van der Waals surface area (Å²) >= 11 is 0. The fourth-order valence-corrected chi connectivity index (χ4v) is 2.63. The number of carbonyl (C=O) groups is 1. The van der Waals surface area contributed by atoms with Gasteiger partial charge in [-0.25, -0.2) is 9.37 Å². The van der Waals surface area contributed by atoms with Crippen LogP contribution in [-0.4, -0.2) is 20.6 Å². The lowest BCUT2D eigenvalue weighted by Crippen LogP contribution is -2.26. The van der Waals surface area contributed by atoms with Crippen LogP contribution in [0.25, 0.3) is 0 Å². The molecule has 1 aliphatic rings. The number of carboxylic acids is 1. The standard InChI is InChI=1S/C15H15FN2O2/c16-13-4-2-1-3-10(13)7-12-9-18-8-11(15(19)20)5-6-14(18)17-12/h1-4,9,11H,5-8H2,(H,19,20). The van der Waals surface area contributed by atoms with E-state index in [1.54, 1.807) is 18.2 Å². The molecule has 0 spiro atoms. The lowest BCUT2D eigenvalue weighted by Gasteiger charge is -2.19. The molecule has 5 heteroatoms. The molecule has 0 saturated heterocycles. The van der Waals surface area contributed by atoms with E-state index in [0.717, 1.165) is 11.5 Å². The molecule has 1 N–H and O–H groups in total. The number of halogens is 1. The van der Waals surface area contributed by atoms with Gasteiger partial charge in [0.2, 0.25) is 0 Å². The highest BCUT2D eigenvalue weighted by Gasteiger charge is 2.25. The highest BCUT2D eigenvalue weighted by molar-refractivity contribution is 5.70. The summed E-state index contributed by atoms with van der Waals surface area (Å²) in [6, 6.07) is 6.64. The lowest BCUT2D eigenvalue weighted by molar-refractivity contribution is -0.142. The van der Waals surface area contributed by atoms with Gasteiger partial charge in [0.05, 0.1) is 11.6 Å². The molecular weight excluding hydrogens is 259 g/mol. The third-order valence-corrected chi connectivity index (χ3v) is 3.72. The third-order valence-electron chi connectivity index (χ3n) is 3.72. The van der Waals surface area contributed by atoms with Crippen LogP contribution in [0, 0.1) is 11.7 Å². The summed E-state index contributed by atoms with van der Waals surface area (Å²) in [5, 5.41) is 9.06. The Morgan fingerprint density at radius 1 is 1.45 bits per heavy atom. The molecule has 1 atom stereocenters. The van der Waals surface area contributed by atoms with Gasteiger partial charge in [-0.05, 0) is 18.1 Å². The van der Waals surface area contributed by atoms with E-state index in [0.29, 0.717) is 31.4 Å². The molecule has 3 rings (SSSR count). The maximum Gasteiger partial charge on any atom is 0.308 e. The zero-order chi connectivity index (χ0) is 14.1. The number of carboxylic acid groups (broad SMARTS) is 1. The van der Waals surface area contributed by atoms with Gasteiger partial charge in [-0.3, -0.25) is 4.79 Å². The summed E-state index contributed by atoms with van der Waals surface area (Å²) in [6.07, 6.45) is 3.56. The Morgan fingerprint density at radius 2 is 2.25 bits per heavy atom. The number of aryl methyl sites for hydroxylation is 1. The molecular formula is C15H15FN2O2. The van der Waals surface area contributed by atoms with E-state index < -0.39 is 5.97 Å². The molecule has 0 saturated carbocycles. The Labute approximate surface area is 115 Å². The van der Waals surface area contributed by atoms with Crippen molar-refractivity contribution in [1.29, 1.82) is 0 Å². The second kappa shape index (κ2) is 5.07. The molecule has 1 aromatic heterocycles. The van der Waals surface area contributed by atoms with E-state index in [4.69, 9.17) is 5.11 Å². The van der Waals surface area contributed by atoms with E-state index in [1.807, 2.05) is 10.8 Å². The van der Waals surface area contributed by atoms with Crippen LogP contribution in [0.4, 0.5) is 4.39 Å². The number of hydrogen-bond acceptors (Lipinski definition) is 2. The van der Waals surface area contributed by atoms with Crippen molar-refractivity contribution < 1.29 is 14.3 Å². The lowest BCUT2D eigenvalue weighted by atomic mass is 10.00. The number of hydrogen-bond donors (Lipinski definition) is 1. The predicted molar refractivity (Wildman–Crippen MR) is 70.9 cm³/mol. The monoisotopic (exact) mass is 274 g/mol. The number of benzene rings is 1. The Balaban J connectivity index is 1.81. The molecule has 0 radical (unpaired) electrons. The molecule has 2 heterocycles. The van der Waals surface area contributed by atoms with Gasteiger partial charge in [0.15, 0.2) is 0 Å². The van der Waals surface area contributed by atoms with E-state index in [2.05, 4.69) is 4.98 Å². The molecule has 0 amide bonds. The summed E-state index contributed by atoms with van der Waals surface area (Å²) in [6.45, 7) is 0.453. The molecule has 2 aromatic rings. The van der Waals surface area contributed by atoms with Crippen molar-refractivity contribution in [1.82, 2.24) is 9.55 Å². The smallest absolute Gasteiger partial charge is 0.308 e. The number of nitrogens with zero attached hydrogens (tertiary/aromatic N) is 2. The van der Waals surface area contributed by atoms with E-state index in [9.17, 15) is 9.18 Å². The normalized spacial score (nSPS) is 17.8. The number of rotatable bonds is 3. The van der Waals surface area contributed by atoms with Crippen molar-refractivity contribution in [2.75, 3.05) is 0 Å². The van der Waals surface area contributed by atoms with Gasteiger partial charge in [0, 0.05) is 25.6 Å². The first-order valence-corrected chi connectivity index (χ1v) is 6.64. The second-order valence-electron chi connectivity index (χ2n) is 5.14. The zero-order valence-corrected chi connectivity index (χ0v) is 10.9. The summed E-state index contributed by atoms with van der Waals surface area (Å²) in [4.78, 5) is 15.5. The van der Waals surface area contributed by atoms with Gasteiger partial charge in [-0.2, -0.15) is 0 Å². The van der Waals surface area contributed by atoms with Crippen LogP contribution >= 0.6 is 0 Å². The minimum Gasteiger partial charge on any atom is -0.481 e. The number of aliphatic carboxylic acids is 1. The highest BCUT2D eigenvalue weighted by atomic mass is 19.1. The molecule has 0 fully saturated rings. The first-order chi connectivity index (χ1) is 9.63. The molecule has 0 bridgehead atoms. The van der Waals surface area contributed by atoms with E-state index in [-0.39, 0.29) is 11.7 Å². The van der Waals surface area contributed by atoms with Gasteiger partial charge in [0.25, 0.3) is 0 Å². The Hall–Kier alpha value is -2.17. The van der Waals surface area contributed by atoms with Gasteiger partial charge in [0.1, 0.15) is 11.6 Å². The average Bonchev–Trinajstić information content (AvgIpc) is 2.82. The maximum absolute atomic E-state index is 13.6. The topological polar surface area (TPSA) is 55.1 Å². The zero-order valence-electron chi connectivity index (χ0n) is 10.9. The number of imidazole rings is 1. The van der Waals surface area contributed by atoms with E-state index in [1.165, 1.54) is 6.07 Å². The van der Waals surface area contributed by atoms with E-state index >= 15 is 0 Å². The minimum absolute atomic E-state index is 0.234. The predicted octanol–water partition coefficient (Wildman–Crippen LogP) is 2.26. The summed E-state index contributed by atoms with van der Waals surface area (Å²) < 4.78 is 15.5. The highest BCUT2D eigenvalue weighted by Crippen LogP contribution is 2.21. The average molecular weight is 274 g/mol. The summed E-state index contributed by atoms with van der Waals surface area (Å²) in [5.74, 6) is -0.450. The van der Waals surface area contributed by atoms with Crippen LogP contribution in [-0.2, 0) is 24.2 Å². The minimum atomic E-state index is -0.764. The SMILES string of the molecule is O=C(O)C1CCc2nc(Cc3ccccc3F)cn2C1. The van der Waals surface area contributed by atoms with Crippen molar-refractivity contribution in [3.8, 4) is 0 Å². The van der Waals surface area contributed by atoms with Crippen LogP contribution in [0.2, 0.25) is 0 Å². The molecule has 1 aromatic carbocycles. The Kier molecular flexibility index (Phi) is 3.26. The number of aromatic nitrogens is 2. The fraction of sp³-hybridized carbons (Fsp3) is 0.333. The maximum atomic E-state index is 13.6. The third kappa shape index (κ3) is 2.43. The second-order valence-corrected chi connectivity index (χ2v) is 5.14. The molecule has 0 aliphatic carbocycles. The van der Waals surface area contributed by atoms with Crippen LogP contribution < -0.4 is 0 Å². The molecule has 104 valence electrons. The molecule has 1 aliphatic heterocycles. The van der Waals surface area contributed by atoms with Crippen LogP contribution in [0.3, 0.4) is 0 Å². The van der Waals surface area contributed by atoms with Crippen molar-refractivity contribution in [2.24, 2.45) is 5.92 Å². The van der Waals surface area contributed by atoms with Crippen molar-refractivity contribution >= 4 is 5.97 Å². The summed E-state index contributed by atoms with van der Waals surface area (Å²) in [7, 11) is 0. The first-order valence-electron chi connectivity index (χ1n) is 6.64. The Morgan fingerprint density at radius 3 is 3.00 bits per heavy atom. The first kappa shape index (κ1) is 12.8. The van der Waals surface area contributed by atoms with Crippen molar-refractivity contribution in [3.63, 3.8) is 0 Å². The molecule has 20 heavy (non-hydrogen) atoms. The quantitative estimate of drug-likeness (QED) is 0.934. The van der Waals surface area contributed by atoms with Crippen LogP contribution in [0.5, 0.6) is 0 Å². The van der Waals surface area contributed by atoms with Gasteiger partial charge in [-0.1, -0.05) is 18.2 Å². The van der Waals surface area contributed by atoms with Crippen molar-refractivity contribution in [2.45, 2.75) is 25.8 Å². The van der Waals surface area contributed by atoms with Crippen LogP contribution in [0.15, 0.2) is 30.5 Å². The molecule has 4 nitrogen and oxygen atoms in total. The van der Waals surface area contributed by atoms with Gasteiger partial charge >= 0.3 is 5.97 Å². The number of fused-ring (bicyclic) bond motifs is 1. The van der Waals surface area contributed by atoms with Crippen molar-refractivity contribution in [3.05, 3.63) is 53.4 Å².